The van der Waals surface area contributed by atoms with Crippen LogP contribution in [0.3, 0.4) is 0 Å². The molecule has 5 aromatic carbocycles. The van der Waals surface area contributed by atoms with Gasteiger partial charge in [0.2, 0.25) is 0 Å². The van der Waals surface area contributed by atoms with Gasteiger partial charge in [-0.15, -0.1) is 0 Å². The Morgan fingerprint density at radius 1 is 0.674 bits per heavy atom. The quantitative estimate of drug-likeness (QED) is 0.130. The molecule has 0 aliphatic carbocycles. The van der Waals surface area contributed by atoms with Gasteiger partial charge in [-0.2, -0.15) is 4.31 Å². The van der Waals surface area contributed by atoms with Crippen molar-refractivity contribution in [2.24, 2.45) is 0 Å². The van der Waals surface area contributed by atoms with E-state index in [4.69, 9.17) is 23.8 Å². The average molecular weight is 620 g/mol. The highest BCUT2D eigenvalue weighted by Gasteiger charge is 2.53. The molecule has 43 heavy (non-hydrogen) atoms. The minimum Gasteiger partial charge on any atom is -0.508 e. The molecular formula is C30H22O11P2. The minimum absolute atomic E-state index is 0.0475. The molecule has 13 heteroatoms. The van der Waals surface area contributed by atoms with Crippen molar-refractivity contribution in [3.8, 4) is 23.0 Å². The zero-order valence-electron chi connectivity index (χ0n) is 21.9. The van der Waals surface area contributed by atoms with Gasteiger partial charge in [0.25, 0.3) is 0 Å². The van der Waals surface area contributed by atoms with Crippen molar-refractivity contribution in [1.29, 1.82) is 0 Å². The number of aromatic hydroxyl groups is 1. The number of phenols is 1. The van der Waals surface area contributed by atoms with Gasteiger partial charge in [-0.25, -0.2) is 13.9 Å². The predicted octanol–water partition coefficient (Wildman–Crippen LogP) is 6.39. The molecule has 0 aromatic heterocycles. The number of carbonyl (C=O) groups excluding carboxylic acids is 1. The Labute approximate surface area is 244 Å². The van der Waals surface area contributed by atoms with Crippen LogP contribution in [0.5, 0.6) is 23.0 Å². The molecule has 2 aliphatic heterocycles. The fourth-order valence-corrected chi connectivity index (χ4v) is 6.71. The Morgan fingerprint density at radius 3 is 1.86 bits per heavy atom. The molecule has 2 aliphatic rings. The molecular weight excluding hydrogens is 598 g/mol. The first-order valence-electron chi connectivity index (χ1n) is 12.7. The van der Waals surface area contributed by atoms with Gasteiger partial charge in [0.05, 0.1) is 5.56 Å². The average Bonchev–Trinajstić information content (AvgIpc) is 3.24. The lowest BCUT2D eigenvalue weighted by molar-refractivity contribution is 0.0224. The summed E-state index contributed by atoms with van der Waals surface area (Å²) in [6.07, 6.45) is 0. The summed E-state index contributed by atoms with van der Waals surface area (Å²) >= 11 is 0. The molecule has 2 atom stereocenters. The maximum absolute atomic E-state index is 12.7. The van der Waals surface area contributed by atoms with Crippen molar-refractivity contribution in [3.05, 3.63) is 131 Å². The number of rotatable bonds is 4. The molecule has 218 valence electrons. The summed E-state index contributed by atoms with van der Waals surface area (Å²) in [6, 6.07) is 31.6. The summed E-state index contributed by atoms with van der Waals surface area (Å²) in [5.74, 6) is -0.807. The van der Waals surface area contributed by atoms with E-state index in [-0.39, 0.29) is 23.0 Å². The molecule has 7 rings (SSSR count). The molecule has 0 bridgehead atoms. The van der Waals surface area contributed by atoms with Crippen molar-refractivity contribution in [2.75, 3.05) is 0 Å². The van der Waals surface area contributed by atoms with Crippen LogP contribution in [0.25, 0.3) is 10.8 Å². The zero-order valence-corrected chi connectivity index (χ0v) is 23.7. The van der Waals surface area contributed by atoms with E-state index < -0.39 is 27.2 Å². The van der Waals surface area contributed by atoms with Crippen LogP contribution in [0.2, 0.25) is 0 Å². The van der Waals surface area contributed by atoms with E-state index in [0.717, 1.165) is 0 Å². The van der Waals surface area contributed by atoms with Gasteiger partial charge in [0.15, 0.2) is 5.60 Å². The molecule has 1 spiro atoms. The first-order chi connectivity index (χ1) is 20.5. The SMILES string of the molecule is O=C1OC2(c3ccc(O)cc3Oc3cc(OP(=O)(O)OP(=O)(O)O)ccc32)c2ccccc21.c1ccc2ccccc2c1. The third-order valence-corrected chi connectivity index (χ3v) is 8.88. The van der Waals surface area contributed by atoms with Gasteiger partial charge < -0.3 is 28.9 Å². The van der Waals surface area contributed by atoms with Gasteiger partial charge >= 0.3 is 21.6 Å². The van der Waals surface area contributed by atoms with Crippen LogP contribution in [0.15, 0.2) is 109 Å². The van der Waals surface area contributed by atoms with Crippen LogP contribution in [-0.4, -0.2) is 25.8 Å². The topological polar surface area (TPSA) is 169 Å². The van der Waals surface area contributed by atoms with Crippen molar-refractivity contribution in [3.63, 3.8) is 0 Å². The maximum atomic E-state index is 12.7. The number of hydrogen-bond acceptors (Lipinski definition) is 8. The van der Waals surface area contributed by atoms with Gasteiger partial charge in [-0.3, -0.25) is 4.89 Å². The van der Waals surface area contributed by atoms with Crippen molar-refractivity contribution >= 4 is 32.4 Å². The molecule has 2 heterocycles. The number of fused-ring (bicyclic) bond motifs is 7. The van der Waals surface area contributed by atoms with Crippen LogP contribution in [0, 0.1) is 0 Å². The van der Waals surface area contributed by atoms with E-state index in [1.165, 1.54) is 41.1 Å². The van der Waals surface area contributed by atoms with Gasteiger partial charge in [-0.05, 0) is 41.1 Å². The van der Waals surface area contributed by atoms with Gasteiger partial charge in [-0.1, -0.05) is 66.7 Å². The number of benzene rings is 5. The van der Waals surface area contributed by atoms with Crippen LogP contribution < -0.4 is 9.26 Å². The summed E-state index contributed by atoms with van der Waals surface area (Å²) in [5.41, 5.74) is 0.221. The second-order valence-corrected chi connectivity index (χ2v) is 12.3. The molecule has 2 unspecified atom stereocenters. The van der Waals surface area contributed by atoms with E-state index in [0.29, 0.717) is 22.3 Å². The first-order valence-corrected chi connectivity index (χ1v) is 15.7. The summed E-state index contributed by atoms with van der Waals surface area (Å²) < 4.78 is 43.2. The number of phosphoric ester groups is 1. The molecule has 0 saturated carbocycles. The largest absolute Gasteiger partial charge is 0.536 e. The highest BCUT2D eigenvalue weighted by Crippen LogP contribution is 2.60. The molecule has 0 fully saturated rings. The van der Waals surface area contributed by atoms with Crippen LogP contribution in [-0.2, 0) is 23.8 Å². The summed E-state index contributed by atoms with van der Waals surface area (Å²) in [7, 11) is -10.5. The van der Waals surface area contributed by atoms with Crippen LogP contribution in [0.4, 0.5) is 0 Å². The maximum Gasteiger partial charge on any atom is 0.536 e. The third-order valence-electron chi connectivity index (χ3n) is 6.76. The molecule has 0 amide bonds. The smallest absolute Gasteiger partial charge is 0.508 e. The van der Waals surface area contributed by atoms with Crippen molar-refractivity contribution in [1.82, 2.24) is 0 Å². The molecule has 5 aromatic rings. The van der Waals surface area contributed by atoms with Crippen LogP contribution >= 0.6 is 15.6 Å². The Morgan fingerprint density at radius 2 is 1.23 bits per heavy atom. The molecule has 0 saturated heterocycles. The zero-order chi connectivity index (χ0) is 30.4. The van der Waals surface area contributed by atoms with E-state index in [2.05, 4.69) is 52.8 Å². The Hall–Kier alpha value is -4.47. The molecule has 4 N–H and O–H groups in total. The summed E-state index contributed by atoms with van der Waals surface area (Å²) in [4.78, 5) is 40.0. The normalized spacial score (nSPS) is 17.8. The third kappa shape index (κ3) is 5.53. The van der Waals surface area contributed by atoms with Crippen molar-refractivity contribution in [2.45, 2.75) is 5.60 Å². The number of esters is 1. The van der Waals surface area contributed by atoms with Crippen LogP contribution in [0.1, 0.15) is 27.0 Å². The standard InChI is InChI=1S/C20H14O11P2.C10H8/c21-11-5-7-15-17(9-11)28-18-10-12(30-33(26,27)31-32(23,24)25)6-8-16(18)20(15)14-4-2-1-3-13(14)19(22)29-20;1-2-6-10-8-4-3-7-9(10)5-1/h1-10,21H,(H,26,27)(H2,23,24,25);1-8H. The highest BCUT2D eigenvalue weighted by molar-refractivity contribution is 7.60. The Balaban J connectivity index is 0.000000277. The fraction of sp³-hybridized carbons (Fsp3) is 0.0333. The monoisotopic (exact) mass is 620 g/mol. The Kier molecular flexibility index (Phi) is 7.10. The Bertz CT molecular complexity index is 1920. The van der Waals surface area contributed by atoms with Gasteiger partial charge in [0, 0.05) is 28.8 Å². The lowest BCUT2D eigenvalue weighted by Crippen LogP contribution is -2.32. The number of phenolic OH excluding ortho intramolecular Hbond substituents is 1. The number of phosphoric acid groups is 2. The summed E-state index contributed by atoms with van der Waals surface area (Å²) in [5, 5.41) is 12.6. The fourth-order valence-electron chi connectivity index (χ4n) is 5.12. The first kappa shape index (κ1) is 28.6. The van der Waals surface area contributed by atoms with Crippen molar-refractivity contribution < 1.29 is 52.0 Å². The lowest BCUT2D eigenvalue weighted by atomic mass is 9.77. The van der Waals surface area contributed by atoms with Gasteiger partial charge in [0.1, 0.15) is 23.0 Å². The van der Waals surface area contributed by atoms with E-state index in [9.17, 15) is 23.9 Å². The lowest BCUT2D eigenvalue weighted by Gasteiger charge is -2.36. The van der Waals surface area contributed by atoms with E-state index in [1.807, 2.05) is 0 Å². The second kappa shape index (κ2) is 10.7. The highest BCUT2D eigenvalue weighted by atomic mass is 31.3. The minimum atomic E-state index is -5.32. The number of carbonyl (C=O) groups is 1. The summed E-state index contributed by atoms with van der Waals surface area (Å²) in [6.45, 7) is 0. The number of ether oxygens (including phenoxy) is 2. The van der Waals surface area contributed by atoms with E-state index >= 15 is 0 Å². The molecule has 0 radical (unpaired) electrons. The second-order valence-electron chi connectivity index (χ2n) is 9.54. The molecule has 11 nitrogen and oxygen atoms in total. The number of hydrogen-bond donors (Lipinski definition) is 4. The predicted molar refractivity (Wildman–Crippen MR) is 154 cm³/mol. The van der Waals surface area contributed by atoms with E-state index in [1.54, 1.807) is 30.3 Å².